The molecular weight excluding hydrogens is 542 g/mol. The van der Waals surface area contributed by atoms with Gasteiger partial charge in [0.05, 0.1) is 12.7 Å². The Bertz CT molecular complexity index is 1270. The van der Waals surface area contributed by atoms with E-state index in [-0.39, 0.29) is 6.03 Å². The van der Waals surface area contributed by atoms with Gasteiger partial charge in [-0.15, -0.1) is 0 Å². The summed E-state index contributed by atoms with van der Waals surface area (Å²) in [5.74, 6) is 0.211. The zero-order valence-electron chi connectivity index (χ0n) is 25.6. The Balaban J connectivity index is 0.988. The molecule has 0 fully saturated rings. The largest absolute Gasteiger partial charge is 0.463 e. The number of fused-ring (bicyclic) bond motifs is 1. The number of carbonyl (C=O) groups is 1. The topological polar surface area (TPSA) is 101 Å². The highest BCUT2D eigenvalue weighted by Gasteiger charge is 2.27. The van der Waals surface area contributed by atoms with Gasteiger partial charge in [0.25, 0.3) is 0 Å². The van der Waals surface area contributed by atoms with Crippen LogP contribution in [0, 0.1) is 0 Å². The van der Waals surface area contributed by atoms with E-state index in [1.54, 1.807) is 0 Å². The second-order valence-electron chi connectivity index (χ2n) is 11.5. The number of carbonyl (C=O) groups excluding carboxylic acids is 1. The normalized spacial score (nSPS) is 14.4. The number of hydrogen-bond donors (Lipinski definition) is 4. The Morgan fingerprint density at radius 3 is 2.49 bits per heavy atom. The molecule has 8 heteroatoms. The van der Waals surface area contributed by atoms with Gasteiger partial charge in [-0.3, -0.25) is 0 Å². The van der Waals surface area contributed by atoms with E-state index in [1.807, 2.05) is 80.6 Å². The van der Waals surface area contributed by atoms with Crippen LogP contribution in [0.2, 0.25) is 0 Å². The number of hydrogen-bond acceptors (Lipinski definition) is 6. The van der Waals surface area contributed by atoms with Crippen LogP contribution in [0.25, 0.3) is 0 Å². The molecule has 0 saturated heterocycles. The summed E-state index contributed by atoms with van der Waals surface area (Å²) in [4.78, 5) is 12.4. The fraction of sp³-hybridized carbons (Fsp3) is 0.457. The second kappa shape index (κ2) is 17.0. The lowest BCUT2D eigenvalue weighted by Crippen LogP contribution is -2.35. The Kier molecular flexibility index (Phi) is 12.9. The van der Waals surface area contributed by atoms with Gasteiger partial charge in [0, 0.05) is 50.5 Å². The number of amides is 2. The third-order valence-electron chi connectivity index (χ3n) is 7.41. The van der Waals surface area contributed by atoms with Crippen LogP contribution in [0.3, 0.4) is 0 Å². The highest BCUT2D eigenvalue weighted by Crippen LogP contribution is 2.32. The van der Waals surface area contributed by atoms with Crippen molar-refractivity contribution in [3.8, 4) is 5.75 Å². The van der Waals surface area contributed by atoms with Crippen molar-refractivity contribution >= 4 is 17.4 Å². The highest BCUT2D eigenvalue weighted by molar-refractivity contribution is 6.00. The SMILES string of the molecule is CC1(C)OCc2cc([C@H](O)CNCCCCCCOCCCCc3ccccc3NC(=O)Nc3ccccc3)ccc2O1. The lowest BCUT2D eigenvalue weighted by Gasteiger charge is -2.33. The molecule has 0 saturated carbocycles. The number of aliphatic hydroxyl groups is 1. The van der Waals surface area contributed by atoms with Crippen molar-refractivity contribution < 1.29 is 24.1 Å². The van der Waals surface area contributed by atoms with Gasteiger partial charge in [0.15, 0.2) is 0 Å². The van der Waals surface area contributed by atoms with Gasteiger partial charge in [0.2, 0.25) is 5.79 Å². The minimum Gasteiger partial charge on any atom is -0.463 e. The second-order valence-corrected chi connectivity index (χ2v) is 11.5. The summed E-state index contributed by atoms with van der Waals surface area (Å²) in [5, 5.41) is 19.8. The molecule has 0 aliphatic carbocycles. The molecule has 3 aromatic carbocycles. The minimum atomic E-state index is -0.613. The van der Waals surface area contributed by atoms with Gasteiger partial charge in [-0.25, -0.2) is 4.79 Å². The molecular formula is C35H47N3O5. The number of nitrogens with one attached hydrogen (secondary N) is 3. The van der Waals surface area contributed by atoms with E-state index in [0.29, 0.717) is 13.2 Å². The van der Waals surface area contributed by atoms with Gasteiger partial charge in [-0.05, 0) is 80.1 Å². The number of benzene rings is 3. The number of anilines is 2. The van der Waals surface area contributed by atoms with E-state index in [9.17, 15) is 9.90 Å². The van der Waals surface area contributed by atoms with Crippen molar-refractivity contribution in [1.29, 1.82) is 0 Å². The molecule has 4 N–H and O–H groups in total. The lowest BCUT2D eigenvalue weighted by molar-refractivity contribution is -0.180. The summed E-state index contributed by atoms with van der Waals surface area (Å²) in [6.45, 7) is 7.23. The summed E-state index contributed by atoms with van der Waals surface area (Å²) in [6, 6.07) is 23.0. The Morgan fingerprint density at radius 1 is 0.907 bits per heavy atom. The van der Waals surface area contributed by atoms with E-state index >= 15 is 0 Å². The van der Waals surface area contributed by atoms with Gasteiger partial charge >= 0.3 is 6.03 Å². The Morgan fingerprint density at radius 2 is 1.65 bits per heavy atom. The smallest absolute Gasteiger partial charge is 0.323 e. The summed E-state index contributed by atoms with van der Waals surface area (Å²) < 4.78 is 17.4. The number of ether oxygens (including phenoxy) is 3. The third-order valence-corrected chi connectivity index (χ3v) is 7.41. The van der Waals surface area contributed by atoms with Crippen molar-refractivity contribution in [1.82, 2.24) is 5.32 Å². The number of rotatable bonds is 17. The van der Waals surface area contributed by atoms with Gasteiger partial charge in [0.1, 0.15) is 5.75 Å². The van der Waals surface area contributed by atoms with Crippen LogP contribution in [0.5, 0.6) is 5.75 Å². The van der Waals surface area contributed by atoms with Crippen LogP contribution in [0.4, 0.5) is 16.2 Å². The molecule has 2 amide bonds. The van der Waals surface area contributed by atoms with Crippen LogP contribution in [-0.4, -0.2) is 43.2 Å². The molecule has 1 heterocycles. The number of aryl methyl sites for hydroxylation is 1. The standard InChI is InChI=1S/C35H47N3O5/c1-35(2)42-26-29-24-28(19-20-33(29)43-35)32(39)25-36-21-11-3-4-12-22-41-23-13-10-15-27-14-8-9-18-31(27)38-34(40)37-30-16-6-5-7-17-30/h5-9,14,16-20,24,32,36,39H,3-4,10-13,15,21-23,25-26H2,1-2H3,(H2,37,38,40)/t32-/m1/s1. The Hall–Kier alpha value is -3.43. The van der Waals surface area contributed by atoms with Crippen molar-refractivity contribution in [2.45, 2.75) is 77.3 Å². The fourth-order valence-electron chi connectivity index (χ4n) is 5.02. The van der Waals surface area contributed by atoms with Crippen molar-refractivity contribution in [3.63, 3.8) is 0 Å². The number of unbranched alkanes of at least 4 members (excludes halogenated alkanes) is 4. The lowest BCUT2D eigenvalue weighted by atomic mass is 10.0. The highest BCUT2D eigenvalue weighted by atomic mass is 16.7. The first-order valence-electron chi connectivity index (χ1n) is 15.5. The van der Waals surface area contributed by atoms with Crippen LogP contribution >= 0.6 is 0 Å². The van der Waals surface area contributed by atoms with Crippen LogP contribution < -0.4 is 20.7 Å². The predicted octanol–water partition coefficient (Wildman–Crippen LogP) is 7.20. The van der Waals surface area contributed by atoms with E-state index in [4.69, 9.17) is 14.2 Å². The number of para-hydroxylation sites is 2. The molecule has 0 spiro atoms. The van der Waals surface area contributed by atoms with Gasteiger partial charge < -0.3 is 35.3 Å². The predicted molar refractivity (Wildman–Crippen MR) is 172 cm³/mol. The average Bonchev–Trinajstić information content (AvgIpc) is 3.00. The van der Waals surface area contributed by atoms with E-state index < -0.39 is 11.9 Å². The molecule has 8 nitrogen and oxygen atoms in total. The first-order chi connectivity index (χ1) is 20.9. The fourth-order valence-corrected chi connectivity index (χ4v) is 5.02. The maximum absolute atomic E-state index is 12.4. The van der Waals surface area contributed by atoms with Gasteiger partial charge in [-0.2, -0.15) is 0 Å². The molecule has 232 valence electrons. The molecule has 0 radical (unpaired) electrons. The molecule has 43 heavy (non-hydrogen) atoms. The van der Waals surface area contributed by atoms with Crippen molar-refractivity contribution in [2.75, 3.05) is 36.9 Å². The molecule has 1 aliphatic heterocycles. The molecule has 1 aliphatic rings. The zero-order valence-corrected chi connectivity index (χ0v) is 25.6. The summed E-state index contributed by atoms with van der Waals surface area (Å²) in [6.07, 6.45) is 6.72. The number of aliphatic hydroxyl groups excluding tert-OH is 1. The van der Waals surface area contributed by atoms with Crippen LogP contribution in [0.15, 0.2) is 72.8 Å². The summed E-state index contributed by atoms with van der Waals surface area (Å²) in [7, 11) is 0. The molecule has 0 aromatic heterocycles. The van der Waals surface area contributed by atoms with Gasteiger partial charge in [-0.1, -0.05) is 55.3 Å². The maximum atomic E-state index is 12.4. The molecule has 3 aromatic rings. The third kappa shape index (κ3) is 11.3. The summed E-state index contributed by atoms with van der Waals surface area (Å²) >= 11 is 0. The molecule has 0 bridgehead atoms. The minimum absolute atomic E-state index is 0.239. The number of urea groups is 1. The average molecular weight is 590 g/mol. The maximum Gasteiger partial charge on any atom is 0.323 e. The van der Waals surface area contributed by atoms with E-state index in [1.165, 1.54) is 0 Å². The Labute approximate surface area is 256 Å². The van der Waals surface area contributed by atoms with Crippen molar-refractivity contribution in [2.24, 2.45) is 0 Å². The van der Waals surface area contributed by atoms with Crippen LogP contribution in [-0.2, 0) is 22.5 Å². The van der Waals surface area contributed by atoms with E-state index in [2.05, 4.69) is 22.0 Å². The van der Waals surface area contributed by atoms with Crippen molar-refractivity contribution in [3.05, 3.63) is 89.5 Å². The first kappa shape index (κ1) is 32.5. The van der Waals surface area contributed by atoms with E-state index in [0.717, 1.165) is 98.5 Å². The molecule has 1 atom stereocenters. The molecule has 0 unspecified atom stereocenters. The molecule has 4 rings (SSSR count). The quantitative estimate of drug-likeness (QED) is 0.124. The first-order valence-corrected chi connectivity index (χ1v) is 15.5. The van der Waals surface area contributed by atoms with Crippen LogP contribution in [0.1, 0.15) is 75.2 Å². The monoisotopic (exact) mass is 589 g/mol. The zero-order chi connectivity index (χ0) is 30.3. The summed E-state index contributed by atoms with van der Waals surface area (Å²) in [5.41, 5.74) is 4.58.